The van der Waals surface area contributed by atoms with Crippen LogP contribution in [0.5, 0.6) is 0 Å². The van der Waals surface area contributed by atoms with Crippen molar-refractivity contribution >= 4 is 33.3 Å². The average Bonchev–Trinajstić information content (AvgIpc) is 2.68. The fraction of sp³-hybridized carbons (Fsp3) is 0.150. The molecule has 2 aromatic carbocycles. The zero-order chi connectivity index (χ0) is 21.0. The van der Waals surface area contributed by atoms with E-state index in [9.17, 15) is 13.2 Å². The van der Waals surface area contributed by atoms with Gasteiger partial charge in [-0.1, -0.05) is 6.07 Å². The maximum atomic E-state index is 12.5. The maximum absolute atomic E-state index is 12.5. The van der Waals surface area contributed by atoms with Gasteiger partial charge in [0.15, 0.2) is 0 Å². The Hall–Kier alpha value is -3.46. The number of nitrogens with zero attached hydrogens (tertiary/aromatic N) is 3. The molecule has 0 atom stereocenters. The van der Waals surface area contributed by atoms with Gasteiger partial charge in [-0.25, -0.2) is 23.1 Å². The predicted molar refractivity (Wildman–Crippen MR) is 113 cm³/mol. The zero-order valence-corrected chi connectivity index (χ0v) is 17.1. The van der Waals surface area contributed by atoms with Crippen LogP contribution in [0.15, 0.2) is 65.7 Å². The molecule has 2 N–H and O–H groups in total. The minimum atomic E-state index is -3.84. The van der Waals surface area contributed by atoms with Crippen molar-refractivity contribution in [3.8, 4) is 0 Å². The smallest absolute Gasteiger partial charge is 0.264 e. The molecule has 150 valence electrons. The van der Waals surface area contributed by atoms with Gasteiger partial charge in [-0.05, 0) is 55.5 Å². The molecule has 0 bridgehead atoms. The highest BCUT2D eigenvalue weighted by molar-refractivity contribution is 7.92. The van der Waals surface area contributed by atoms with E-state index in [1.807, 2.05) is 25.1 Å². The number of hydrogen-bond donors (Lipinski definition) is 2. The van der Waals surface area contributed by atoms with Crippen LogP contribution in [0.1, 0.15) is 16.1 Å². The molecule has 0 spiro atoms. The Labute approximate surface area is 169 Å². The highest BCUT2D eigenvalue weighted by Gasteiger charge is 2.16. The summed E-state index contributed by atoms with van der Waals surface area (Å²) >= 11 is 0. The third kappa shape index (κ3) is 5.08. The van der Waals surface area contributed by atoms with Gasteiger partial charge in [0.25, 0.3) is 15.9 Å². The summed E-state index contributed by atoms with van der Waals surface area (Å²) in [6.07, 6.45) is 1.48. The van der Waals surface area contributed by atoms with Crippen LogP contribution < -0.4 is 14.9 Å². The third-order valence-corrected chi connectivity index (χ3v) is 5.41. The number of rotatable bonds is 6. The van der Waals surface area contributed by atoms with Crippen molar-refractivity contribution in [2.24, 2.45) is 0 Å². The molecule has 0 saturated carbocycles. The molecule has 1 amide bonds. The molecule has 0 aliphatic carbocycles. The highest BCUT2D eigenvalue weighted by Crippen LogP contribution is 2.18. The number of hydrogen-bond acceptors (Lipinski definition) is 6. The molecule has 1 heterocycles. The summed E-state index contributed by atoms with van der Waals surface area (Å²) in [6, 6.07) is 14.7. The maximum Gasteiger partial charge on any atom is 0.264 e. The molecule has 3 rings (SSSR count). The molecule has 0 unspecified atom stereocenters. The summed E-state index contributed by atoms with van der Waals surface area (Å²) in [5.41, 5.74) is 2.54. The summed E-state index contributed by atoms with van der Waals surface area (Å²) in [6.45, 7) is 1.74. The molecule has 29 heavy (non-hydrogen) atoms. The first-order valence-electron chi connectivity index (χ1n) is 8.76. The SMILES string of the molecule is Cc1ccnc(NS(=O)(=O)c2ccc(NC(=O)c3cccc(N(C)C)c3)cc2)n1. The van der Waals surface area contributed by atoms with E-state index in [1.165, 1.54) is 30.5 Å². The zero-order valence-electron chi connectivity index (χ0n) is 16.2. The van der Waals surface area contributed by atoms with E-state index < -0.39 is 10.0 Å². The molecule has 1 aromatic heterocycles. The standard InChI is InChI=1S/C20H21N5O3S/c1-14-11-12-21-20(22-14)24-29(27,28)18-9-7-16(8-10-18)23-19(26)15-5-4-6-17(13-15)25(2)3/h4-13H,1-3H3,(H,23,26)(H,21,22,24). The number of nitrogens with one attached hydrogen (secondary N) is 2. The van der Waals surface area contributed by atoms with E-state index in [-0.39, 0.29) is 16.8 Å². The number of aromatic nitrogens is 2. The van der Waals surface area contributed by atoms with Crippen LogP contribution in [0.4, 0.5) is 17.3 Å². The van der Waals surface area contributed by atoms with Gasteiger partial charge in [0.1, 0.15) is 0 Å². The first-order chi connectivity index (χ1) is 13.7. The van der Waals surface area contributed by atoms with E-state index in [2.05, 4.69) is 20.0 Å². The molecule has 8 nitrogen and oxygen atoms in total. The van der Waals surface area contributed by atoms with Crippen LogP contribution in [0.25, 0.3) is 0 Å². The van der Waals surface area contributed by atoms with Crippen molar-refractivity contribution < 1.29 is 13.2 Å². The van der Waals surface area contributed by atoms with E-state index >= 15 is 0 Å². The quantitative estimate of drug-likeness (QED) is 0.646. The number of carbonyl (C=O) groups is 1. The Morgan fingerprint density at radius 3 is 2.41 bits per heavy atom. The summed E-state index contributed by atoms with van der Waals surface area (Å²) in [5.74, 6) is -0.279. The molecule has 0 aliphatic heterocycles. The van der Waals surface area contributed by atoms with E-state index in [4.69, 9.17) is 0 Å². The van der Waals surface area contributed by atoms with Crippen LogP contribution in [-0.4, -0.2) is 38.4 Å². The average molecular weight is 411 g/mol. The Balaban J connectivity index is 1.73. The van der Waals surface area contributed by atoms with Gasteiger partial charge in [-0.3, -0.25) is 4.79 Å². The lowest BCUT2D eigenvalue weighted by Gasteiger charge is -2.13. The van der Waals surface area contributed by atoms with E-state index in [0.717, 1.165) is 5.69 Å². The summed E-state index contributed by atoms with van der Waals surface area (Å²) < 4.78 is 27.3. The lowest BCUT2D eigenvalue weighted by Crippen LogP contribution is -2.16. The first kappa shape index (κ1) is 20.3. The normalized spacial score (nSPS) is 11.0. The van der Waals surface area contributed by atoms with Crippen LogP contribution >= 0.6 is 0 Å². The van der Waals surface area contributed by atoms with Gasteiger partial charge in [-0.15, -0.1) is 0 Å². The third-order valence-electron chi connectivity index (χ3n) is 4.07. The van der Waals surface area contributed by atoms with Crippen LogP contribution in [0.3, 0.4) is 0 Å². The van der Waals surface area contributed by atoms with Crippen molar-refractivity contribution in [1.29, 1.82) is 0 Å². The van der Waals surface area contributed by atoms with Crippen molar-refractivity contribution in [1.82, 2.24) is 9.97 Å². The highest BCUT2D eigenvalue weighted by atomic mass is 32.2. The Bertz CT molecular complexity index is 1130. The summed E-state index contributed by atoms with van der Waals surface area (Å²) in [7, 11) is -0.0461. The fourth-order valence-corrected chi connectivity index (χ4v) is 3.47. The second-order valence-corrected chi connectivity index (χ2v) is 8.23. The summed E-state index contributed by atoms with van der Waals surface area (Å²) in [4.78, 5) is 22.3. The largest absolute Gasteiger partial charge is 0.378 e. The van der Waals surface area contributed by atoms with Crippen LogP contribution in [0.2, 0.25) is 0 Å². The molecule has 3 aromatic rings. The number of aryl methyl sites for hydroxylation is 1. The fourth-order valence-electron chi connectivity index (χ4n) is 2.52. The lowest BCUT2D eigenvalue weighted by molar-refractivity contribution is 0.102. The minimum absolute atomic E-state index is 0.00292. The van der Waals surface area contributed by atoms with Crippen molar-refractivity contribution in [2.75, 3.05) is 29.0 Å². The molecule has 0 saturated heterocycles. The minimum Gasteiger partial charge on any atom is -0.378 e. The number of benzene rings is 2. The lowest BCUT2D eigenvalue weighted by atomic mass is 10.1. The van der Waals surface area contributed by atoms with E-state index in [0.29, 0.717) is 16.9 Å². The second-order valence-electron chi connectivity index (χ2n) is 6.55. The van der Waals surface area contributed by atoms with Crippen LogP contribution in [-0.2, 0) is 10.0 Å². The van der Waals surface area contributed by atoms with Gasteiger partial charge in [-0.2, -0.15) is 0 Å². The number of carbonyl (C=O) groups excluding carboxylic acids is 1. The summed E-state index contributed by atoms with van der Waals surface area (Å²) in [5, 5.41) is 2.76. The Morgan fingerprint density at radius 1 is 1.03 bits per heavy atom. The first-order valence-corrected chi connectivity index (χ1v) is 10.2. The van der Waals surface area contributed by atoms with Crippen LogP contribution in [0, 0.1) is 6.92 Å². The number of sulfonamides is 1. The van der Waals surface area contributed by atoms with Gasteiger partial charge >= 0.3 is 0 Å². The monoisotopic (exact) mass is 411 g/mol. The second kappa shape index (κ2) is 8.27. The van der Waals surface area contributed by atoms with Crippen molar-refractivity contribution in [2.45, 2.75) is 11.8 Å². The Kier molecular flexibility index (Phi) is 5.79. The number of amides is 1. The molecule has 0 fully saturated rings. The topological polar surface area (TPSA) is 104 Å². The molecular weight excluding hydrogens is 390 g/mol. The molecule has 0 radical (unpaired) electrons. The van der Waals surface area contributed by atoms with Crippen molar-refractivity contribution in [3.05, 3.63) is 72.1 Å². The number of anilines is 3. The Morgan fingerprint density at radius 2 is 1.76 bits per heavy atom. The van der Waals surface area contributed by atoms with Gasteiger partial charge in [0.05, 0.1) is 4.90 Å². The molecular formula is C20H21N5O3S. The van der Waals surface area contributed by atoms with E-state index in [1.54, 1.807) is 31.2 Å². The molecule has 0 aliphatic rings. The molecule has 9 heteroatoms. The van der Waals surface area contributed by atoms with Crippen molar-refractivity contribution in [3.63, 3.8) is 0 Å². The van der Waals surface area contributed by atoms with Gasteiger partial charge < -0.3 is 10.2 Å². The van der Waals surface area contributed by atoms with Gasteiger partial charge in [0, 0.05) is 42.9 Å². The van der Waals surface area contributed by atoms with Gasteiger partial charge in [0.2, 0.25) is 5.95 Å². The predicted octanol–water partition coefficient (Wildman–Crippen LogP) is 2.90.